The molecular formula is C21H20N4O2. The van der Waals surface area contributed by atoms with Gasteiger partial charge in [0, 0.05) is 5.56 Å². The fourth-order valence-corrected chi connectivity index (χ4v) is 2.36. The van der Waals surface area contributed by atoms with Crippen LogP contribution in [0.25, 0.3) is 0 Å². The standard InChI is InChI=1S/C21H20N4O2/c1-27-20-13-16(14-22-24-18-8-4-2-5-9-18)12-17(21(20)26)15-23-25-19-10-6-3-7-11-19/h2-15,24-26H,1H3/b22-14+,23-15-. The third-order valence-electron chi connectivity index (χ3n) is 3.70. The minimum atomic E-state index is 0.0179. The lowest BCUT2D eigenvalue weighted by atomic mass is 10.1. The summed E-state index contributed by atoms with van der Waals surface area (Å²) in [6.07, 6.45) is 3.18. The Morgan fingerprint density at radius 1 is 0.815 bits per heavy atom. The largest absolute Gasteiger partial charge is 0.504 e. The number of nitrogens with zero attached hydrogens (tertiary/aromatic N) is 2. The summed E-state index contributed by atoms with van der Waals surface area (Å²) in [5.74, 6) is 0.365. The normalized spacial score (nSPS) is 11.0. The number of methoxy groups -OCH3 is 1. The molecule has 0 bridgehead atoms. The number of ether oxygens (including phenoxy) is 1. The number of hydrazone groups is 2. The van der Waals surface area contributed by atoms with Crippen molar-refractivity contribution in [1.82, 2.24) is 0 Å². The third kappa shape index (κ3) is 5.09. The number of phenols is 1. The van der Waals surface area contributed by atoms with Crippen molar-refractivity contribution < 1.29 is 9.84 Å². The van der Waals surface area contributed by atoms with Crippen LogP contribution in [0.3, 0.4) is 0 Å². The molecule has 0 aliphatic carbocycles. The molecule has 0 radical (unpaired) electrons. The Kier molecular flexibility index (Phi) is 6.04. The Bertz CT molecular complexity index is 926. The zero-order chi connectivity index (χ0) is 18.9. The van der Waals surface area contributed by atoms with Crippen molar-refractivity contribution in [3.05, 3.63) is 83.9 Å². The summed E-state index contributed by atoms with van der Waals surface area (Å²) in [5.41, 5.74) is 8.87. The lowest BCUT2D eigenvalue weighted by Crippen LogP contribution is -1.96. The molecule has 0 fully saturated rings. The molecule has 0 spiro atoms. The Labute approximate surface area is 157 Å². The molecule has 3 N–H and O–H groups in total. The van der Waals surface area contributed by atoms with Gasteiger partial charge < -0.3 is 9.84 Å². The molecular weight excluding hydrogens is 340 g/mol. The number of benzene rings is 3. The number of hydrogen-bond acceptors (Lipinski definition) is 6. The molecule has 0 saturated carbocycles. The highest BCUT2D eigenvalue weighted by molar-refractivity contribution is 5.91. The quantitative estimate of drug-likeness (QED) is 0.434. The predicted octanol–water partition coefficient (Wildman–Crippen LogP) is 4.29. The maximum Gasteiger partial charge on any atom is 0.166 e. The third-order valence-corrected chi connectivity index (χ3v) is 3.70. The zero-order valence-electron chi connectivity index (χ0n) is 14.8. The van der Waals surface area contributed by atoms with Crippen molar-refractivity contribution in [3.8, 4) is 11.5 Å². The van der Waals surface area contributed by atoms with E-state index in [0.717, 1.165) is 16.9 Å². The summed E-state index contributed by atoms with van der Waals surface area (Å²) in [4.78, 5) is 0. The van der Waals surface area contributed by atoms with Crippen LogP contribution in [0.2, 0.25) is 0 Å². The second-order valence-corrected chi connectivity index (χ2v) is 5.63. The number of phenolic OH excluding ortho intramolecular Hbond substituents is 1. The van der Waals surface area contributed by atoms with Crippen LogP contribution in [0.1, 0.15) is 11.1 Å². The molecule has 3 aromatic carbocycles. The molecule has 0 heterocycles. The van der Waals surface area contributed by atoms with E-state index in [2.05, 4.69) is 21.1 Å². The van der Waals surface area contributed by atoms with E-state index in [9.17, 15) is 5.11 Å². The average Bonchev–Trinajstić information content (AvgIpc) is 2.71. The van der Waals surface area contributed by atoms with Gasteiger partial charge in [0.2, 0.25) is 0 Å². The summed E-state index contributed by atoms with van der Waals surface area (Å²) in [6, 6.07) is 22.6. The van der Waals surface area contributed by atoms with Gasteiger partial charge in [0.25, 0.3) is 0 Å². The summed E-state index contributed by atoms with van der Waals surface area (Å²) in [6.45, 7) is 0. The summed E-state index contributed by atoms with van der Waals surface area (Å²) >= 11 is 0. The minimum Gasteiger partial charge on any atom is -0.504 e. The molecule has 0 aromatic heterocycles. The van der Waals surface area contributed by atoms with Crippen molar-refractivity contribution in [1.29, 1.82) is 0 Å². The van der Waals surface area contributed by atoms with Crippen LogP contribution in [-0.2, 0) is 0 Å². The number of anilines is 2. The van der Waals surface area contributed by atoms with Crippen LogP contribution in [-0.4, -0.2) is 24.6 Å². The van der Waals surface area contributed by atoms with Crippen LogP contribution in [0.15, 0.2) is 83.0 Å². The van der Waals surface area contributed by atoms with Crippen LogP contribution in [0.4, 0.5) is 11.4 Å². The Morgan fingerprint density at radius 2 is 1.37 bits per heavy atom. The van der Waals surface area contributed by atoms with E-state index in [-0.39, 0.29) is 5.75 Å². The maximum absolute atomic E-state index is 10.3. The number of aromatic hydroxyl groups is 1. The molecule has 3 aromatic rings. The van der Waals surface area contributed by atoms with Gasteiger partial charge in [-0.2, -0.15) is 10.2 Å². The minimum absolute atomic E-state index is 0.0179. The number of para-hydroxylation sites is 2. The van der Waals surface area contributed by atoms with E-state index in [1.807, 2.05) is 60.7 Å². The first-order valence-electron chi connectivity index (χ1n) is 8.35. The van der Waals surface area contributed by atoms with Crippen LogP contribution in [0.5, 0.6) is 11.5 Å². The molecule has 0 unspecified atom stereocenters. The van der Waals surface area contributed by atoms with E-state index in [0.29, 0.717) is 11.3 Å². The molecule has 0 aliphatic heterocycles. The molecule has 6 nitrogen and oxygen atoms in total. The van der Waals surface area contributed by atoms with Gasteiger partial charge in [-0.1, -0.05) is 36.4 Å². The second kappa shape index (κ2) is 9.05. The lowest BCUT2D eigenvalue weighted by Gasteiger charge is -2.08. The predicted molar refractivity (Wildman–Crippen MR) is 110 cm³/mol. The summed E-state index contributed by atoms with van der Waals surface area (Å²) < 4.78 is 5.24. The highest BCUT2D eigenvalue weighted by Gasteiger charge is 2.08. The first kappa shape index (κ1) is 18.0. The van der Waals surface area contributed by atoms with Crippen LogP contribution >= 0.6 is 0 Å². The van der Waals surface area contributed by atoms with Crippen molar-refractivity contribution in [3.63, 3.8) is 0 Å². The molecule has 0 amide bonds. The van der Waals surface area contributed by atoms with E-state index in [1.54, 1.807) is 18.3 Å². The first-order chi connectivity index (χ1) is 13.3. The van der Waals surface area contributed by atoms with Crippen molar-refractivity contribution in [2.45, 2.75) is 0 Å². The fraction of sp³-hybridized carbons (Fsp3) is 0.0476. The van der Waals surface area contributed by atoms with E-state index < -0.39 is 0 Å². The van der Waals surface area contributed by atoms with Crippen LogP contribution < -0.4 is 15.6 Å². The van der Waals surface area contributed by atoms with Gasteiger partial charge in [-0.15, -0.1) is 0 Å². The topological polar surface area (TPSA) is 78.2 Å². The Hall–Kier alpha value is -3.80. The van der Waals surface area contributed by atoms with E-state index in [1.165, 1.54) is 13.3 Å². The maximum atomic E-state index is 10.3. The van der Waals surface area contributed by atoms with Gasteiger partial charge in [-0.3, -0.25) is 10.9 Å². The average molecular weight is 360 g/mol. The number of nitrogens with one attached hydrogen (secondary N) is 2. The Morgan fingerprint density at radius 3 is 1.93 bits per heavy atom. The monoisotopic (exact) mass is 360 g/mol. The van der Waals surface area contributed by atoms with Gasteiger partial charge in [0.05, 0.1) is 30.9 Å². The molecule has 0 saturated heterocycles. The fourth-order valence-electron chi connectivity index (χ4n) is 2.36. The summed E-state index contributed by atoms with van der Waals surface area (Å²) in [5, 5.41) is 18.7. The van der Waals surface area contributed by atoms with Gasteiger partial charge in [0.15, 0.2) is 11.5 Å². The smallest absolute Gasteiger partial charge is 0.166 e. The van der Waals surface area contributed by atoms with Gasteiger partial charge in [-0.25, -0.2) is 0 Å². The highest BCUT2D eigenvalue weighted by atomic mass is 16.5. The van der Waals surface area contributed by atoms with Crippen molar-refractivity contribution in [2.75, 3.05) is 18.0 Å². The SMILES string of the molecule is COc1cc(/C=N/Nc2ccccc2)cc(/C=N\Nc2ccccc2)c1O. The van der Waals surface area contributed by atoms with Crippen molar-refractivity contribution in [2.24, 2.45) is 10.2 Å². The van der Waals surface area contributed by atoms with Gasteiger partial charge in [-0.05, 0) is 42.0 Å². The number of rotatable bonds is 7. The Balaban J connectivity index is 1.76. The van der Waals surface area contributed by atoms with E-state index in [4.69, 9.17) is 4.74 Å². The van der Waals surface area contributed by atoms with Crippen LogP contribution in [0, 0.1) is 0 Å². The van der Waals surface area contributed by atoms with Gasteiger partial charge >= 0.3 is 0 Å². The molecule has 27 heavy (non-hydrogen) atoms. The molecule has 0 atom stereocenters. The molecule has 6 heteroatoms. The molecule has 3 rings (SSSR count). The van der Waals surface area contributed by atoms with E-state index >= 15 is 0 Å². The van der Waals surface area contributed by atoms with Gasteiger partial charge in [0.1, 0.15) is 0 Å². The highest BCUT2D eigenvalue weighted by Crippen LogP contribution is 2.30. The number of hydrogen-bond donors (Lipinski definition) is 3. The molecule has 136 valence electrons. The van der Waals surface area contributed by atoms with Crippen molar-refractivity contribution >= 4 is 23.8 Å². The summed E-state index contributed by atoms with van der Waals surface area (Å²) in [7, 11) is 1.50. The lowest BCUT2D eigenvalue weighted by molar-refractivity contribution is 0.373. The zero-order valence-corrected chi connectivity index (χ0v) is 14.8. The first-order valence-corrected chi connectivity index (χ1v) is 8.35. The molecule has 0 aliphatic rings. The second-order valence-electron chi connectivity index (χ2n) is 5.63.